The van der Waals surface area contributed by atoms with Crippen molar-refractivity contribution in [2.24, 2.45) is 0 Å². The molecule has 0 bridgehead atoms. The SMILES string of the molecule is CCC/C=C\CCCC1CC(=O)CO1. The molecular formula is C12H20O2. The Labute approximate surface area is 86.3 Å². The molecule has 1 atom stereocenters. The number of Topliss-reactive ketones (excluding diaryl/α,β-unsaturated/α-hetero) is 1. The number of hydrogen-bond donors (Lipinski definition) is 0. The first-order chi connectivity index (χ1) is 6.83. The van der Waals surface area contributed by atoms with Gasteiger partial charge in [0.15, 0.2) is 5.78 Å². The molecule has 0 radical (unpaired) electrons. The minimum atomic E-state index is 0.210. The van der Waals surface area contributed by atoms with E-state index in [1.54, 1.807) is 0 Å². The average Bonchev–Trinajstić information content (AvgIpc) is 2.58. The molecule has 14 heavy (non-hydrogen) atoms. The number of rotatable bonds is 6. The zero-order chi connectivity index (χ0) is 10.2. The van der Waals surface area contributed by atoms with Gasteiger partial charge in [-0.3, -0.25) is 4.79 Å². The topological polar surface area (TPSA) is 26.3 Å². The van der Waals surface area contributed by atoms with Crippen molar-refractivity contribution in [3.8, 4) is 0 Å². The van der Waals surface area contributed by atoms with Crippen LogP contribution in [0.3, 0.4) is 0 Å². The van der Waals surface area contributed by atoms with E-state index >= 15 is 0 Å². The first kappa shape index (κ1) is 11.4. The summed E-state index contributed by atoms with van der Waals surface area (Å²) in [4.78, 5) is 10.9. The summed E-state index contributed by atoms with van der Waals surface area (Å²) in [5, 5.41) is 0. The smallest absolute Gasteiger partial charge is 0.161 e. The van der Waals surface area contributed by atoms with Gasteiger partial charge in [-0.2, -0.15) is 0 Å². The molecule has 0 spiro atoms. The Bertz CT molecular complexity index is 196. The fourth-order valence-electron chi connectivity index (χ4n) is 1.63. The Kier molecular flexibility index (Phi) is 5.53. The fourth-order valence-corrected chi connectivity index (χ4v) is 1.63. The summed E-state index contributed by atoms with van der Waals surface area (Å²) in [6.07, 6.45) is 11.0. The average molecular weight is 196 g/mol. The lowest BCUT2D eigenvalue weighted by Gasteiger charge is -2.05. The standard InChI is InChI=1S/C12H20O2/c1-2-3-4-5-6-7-8-12-9-11(13)10-14-12/h4-5,12H,2-3,6-10H2,1H3/b5-4-. The number of ketones is 1. The summed E-state index contributed by atoms with van der Waals surface area (Å²) in [5.41, 5.74) is 0. The van der Waals surface area contributed by atoms with Gasteiger partial charge in [-0.15, -0.1) is 0 Å². The molecule has 1 aliphatic heterocycles. The second-order valence-electron chi connectivity index (χ2n) is 3.87. The zero-order valence-electron chi connectivity index (χ0n) is 9.00. The summed E-state index contributed by atoms with van der Waals surface area (Å²) in [6.45, 7) is 2.53. The zero-order valence-corrected chi connectivity index (χ0v) is 9.00. The Morgan fingerprint density at radius 2 is 2.21 bits per heavy atom. The van der Waals surface area contributed by atoms with Gasteiger partial charge in [0.2, 0.25) is 0 Å². The first-order valence-corrected chi connectivity index (χ1v) is 5.61. The molecule has 1 fully saturated rings. The molecule has 1 unspecified atom stereocenters. The van der Waals surface area contributed by atoms with Gasteiger partial charge in [0, 0.05) is 6.42 Å². The predicted octanol–water partition coefficient (Wildman–Crippen LogP) is 2.87. The summed E-state index contributed by atoms with van der Waals surface area (Å²) >= 11 is 0. The van der Waals surface area contributed by atoms with Gasteiger partial charge in [-0.1, -0.05) is 25.5 Å². The molecule has 0 aromatic carbocycles. The minimum Gasteiger partial charge on any atom is -0.370 e. The van der Waals surface area contributed by atoms with Crippen molar-refractivity contribution in [2.45, 2.75) is 51.6 Å². The third-order valence-electron chi connectivity index (χ3n) is 2.45. The number of hydrogen-bond acceptors (Lipinski definition) is 2. The molecular weight excluding hydrogens is 176 g/mol. The molecule has 0 aromatic heterocycles. The lowest BCUT2D eigenvalue weighted by atomic mass is 10.1. The van der Waals surface area contributed by atoms with Gasteiger partial charge in [0.05, 0.1) is 6.10 Å². The van der Waals surface area contributed by atoms with E-state index in [1.807, 2.05) is 0 Å². The maximum atomic E-state index is 10.9. The third kappa shape index (κ3) is 4.56. The van der Waals surface area contributed by atoms with Gasteiger partial charge in [-0.05, 0) is 25.7 Å². The summed E-state index contributed by atoms with van der Waals surface area (Å²) in [5.74, 6) is 0.261. The number of ether oxygens (including phenoxy) is 1. The van der Waals surface area contributed by atoms with E-state index in [9.17, 15) is 4.79 Å². The molecule has 1 aliphatic rings. The number of allylic oxidation sites excluding steroid dienone is 2. The van der Waals surface area contributed by atoms with Crippen molar-refractivity contribution >= 4 is 5.78 Å². The normalized spacial score (nSPS) is 22.4. The molecule has 1 heterocycles. The summed E-state index contributed by atoms with van der Waals surface area (Å²) < 4.78 is 5.32. The van der Waals surface area contributed by atoms with Gasteiger partial charge in [0.1, 0.15) is 6.61 Å². The number of carbonyl (C=O) groups excluding carboxylic acids is 1. The molecule has 0 amide bonds. The van der Waals surface area contributed by atoms with Crippen LogP contribution in [0.15, 0.2) is 12.2 Å². The largest absolute Gasteiger partial charge is 0.370 e. The van der Waals surface area contributed by atoms with Crippen LogP contribution in [0.4, 0.5) is 0 Å². The van der Waals surface area contributed by atoms with E-state index in [0.717, 1.165) is 19.3 Å². The molecule has 0 N–H and O–H groups in total. The van der Waals surface area contributed by atoms with E-state index in [-0.39, 0.29) is 11.9 Å². The summed E-state index contributed by atoms with van der Waals surface area (Å²) in [6, 6.07) is 0. The first-order valence-electron chi connectivity index (χ1n) is 5.61. The molecule has 1 saturated heterocycles. The highest BCUT2D eigenvalue weighted by molar-refractivity contribution is 5.81. The Morgan fingerprint density at radius 3 is 2.86 bits per heavy atom. The van der Waals surface area contributed by atoms with Crippen molar-refractivity contribution in [2.75, 3.05) is 6.61 Å². The maximum absolute atomic E-state index is 10.9. The van der Waals surface area contributed by atoms with Crippen LogP contribution in [0, 0.1) is 0 Å². The van der Waals surface area contributed by atoms with Gasteiger partial charge in [0.25, 0.3) is 0 Å². The molecule has 80 valence electrons. The lowest BCUT2D eigenvalue weighted by molar-refractivity contribution is -0.117. The van der Waals surface area contributed by atoms with E-state index < -0.39 is 0 Å². The fraction of sp³-hybridized carbons (Fsp3) is 0.750. The Hall–Kier alpha value is -0.630. The highest BCUT2D eigenvalue weighted by Gasteiger charge is 2.21. The van der Waals surface area contributed by atoms with Crippen LogP contribution in [-0.2, 0) is 9.53 Å². The van der Waals surface area contributed by atoms with Crippen molar-refractivity contribution in [3.05, 3.63) is 12.2 Å². The van der Waals surface area contributed by atoms with E-state index in [1.165, 1.54) is 12.8 Å². The van der Waals surface area contributed by atoms with Crippen molar-refractivity contribution < 1.29 is 9.53 Å². The predicted molar refractivity (Wildman–Crippen MR) is 57.3 cm³/mol. The Balaban J connectivity index is 1.96. The highest BCUT2D eigenvalue weighted by atomic mass is 16.5. The second kappa shape index (κ2) is 6.77. The van der Waals surface area contributed by atoms with E-state index in [2.05, 4.69) is 19.1 Å². The van der Waals surface area contributed by atoms with E-state index in [0.29, 0.717) is 13.0 Å². The van der Waals surface area contributed by atoms with Crippen LogP contribution in [0.25, 0.3) is 0 Å². The van der Waals surface area contributed by atoms with Gasteiger partial charge in [-0.25, -0.2) is 0 Å². The highest BCUT2D eigenvalue weighted by Crippen LogP contribution is 2.15. The maximum Gasteiger partial charge on any atom is 0.161 e. The van der Waals surface area contributed by atoms with Crippen molar-refractivity contribution in [1.29, 1.82) is 0 Å². The van der Waals surface area contributed by atoms with E-state index in [4.69, 9.17) is 4.74 Å². The minimum absolute atomic E-state index is 0.210. The summed E-state index contributed by atoms with van der Waals surface area (Å²) in [7, 11) is 0. The molecule has 0 aromatic rings. The van der Waals surface area contributed by atoms with Crippen LogP contribution in [0.2, 0.25) is 0 Å². The van der Waals surface area contributed by atoms with Gasteiger partial charge < -0.3 is 4.74 Å². The molecule has 0 aliphatic carbocycles. The number of carbonyl (C=O) groups is 1. The monoisotopic (exact) mass is 196 g/mol. The third-order valence-corrected chi connectivity index (χ3v) is 2.45. The number of unbranched alkanes of at least 4 members (excludes halogenated alkanes) is 2. The molecule has 1 rings (SSSR count). The molecule has 2 nitrogen and oxygen atoms in total. The van der Waals surface area contributed by atoms with Crippen LogP contribution < -0.4 is 0 Å². The Morgan fingerprint density at radius 1 is 1.43 bits per heavy atom. The molecule has 0 saturated carbocycles. The van der Waals surface area contributed by atoms with Crippen LogP contribution in [0.1, 0.15) is 45.4 Å². The van der Waals surface area contributed by atoms with Crippen LogP contribution >= 0.6 is 0 Å². The quantitative estimate of drug-likeness (QED) is 0.482. The molecule has 2 heteroatoms. The van der Waals surface area contributed by atoms with Gasteiger partial charge >= 0.3 is 0 Å². The van der Waals surface area contributed by atoms with Crippen LogP contribution in [0.5, 0.6) is 0 Å². The second-order valence-corrected chi connectivity index (χ2v) is 3.87. The van der Waals surface area contributed by atoms with Crippen molar-refractivity contribution in [3.63, 3.8) is 0 Å². The lowest BCUT2D eigenvalue weighted by Crippen LogP contribution is -2.03. The van der Waals surface area contributed by atoms with Crippen LogP contribution in [-0.4, -0.2) is 18.5 Å². The van der Waals surface area contributed by atoms with Crippen molar-refractivity contribution in [1.82, 2.24) is 0 Å².